The monoisotopic (exact) mass is 335 g/mol. The third-order valence-electron chi connectivity index (χ3n) is 4.75. The summed E-state index contributed by atoms with van der Waals surface area (Å²) in [6.45, 7) is 3.74. The molecule has 3 rings (SSSR count). The topological polar surface area (TPSA) is 43.9 Å². The van der Waals surface area contributed by atoms with Gasteiger partial charge in [-0.3, -0.25) is 14.5 Å². The molecule has 2 saturated heterocycles. The van der Waals surface area contributed by atoms with Crippen molar-refractivity contribution in [1.29, 1.82) is 0 Å². The lowest BCUT2D eigenvalue weighted by Gasteiger charge is -2.37. The maximum atomic E-state index is 12.4. The molecule has 2 heterocycles. The molecule has 2 aliphatic heterocycles. The van der Waals surface area contributed by atoms with Gasteiger partial charge in [0.1, 0.15) is 0 Å². The first-order valence-corrected chi connectivity index (χ1v) is 8.43. The lowest BCUT2D eigenvalue weighted by Crippen LogP contribution is -2.53. The highest BCUT2D eigenvalue weighted by molar-refractivity contribution is 6.30. The minimum absolute atomic E-state index is 0.00480. The molecule has 0 spiro atoms. The lowest BCUT2D eigenvalue weighted by molar-refractivity contribution is -0.134. The third-order valence-corrected chi connectivity index (χ3v) is 4.99. The van der Waals surface area contributed by atoms with Gasteiger partial charge in [0, 0.05) is 44.8 Å². The standard InChI is InChI=1S/C17H22ClN3O2/c1-19-6-5-15(17(19)23)20-7-9-21(10-8-20)16(22)12-13-3-2-4-14(18)11-13/h2-4,11,15H,5-10,12H2,1H3. The molecule has 0 saturated carbocycles. The van der Waals surface area contributed by atoms with Crippen molar-refractivity contribution in [3.63, 3.8) is 0 Å². The fraction of sp³-hybridized carbons (Fsp3) is 0.529. The molecule has 2 aliphatic rings. The molecule has 1 atom stereocenters. The molecule has 5 nitrogen and oxygen atoms in total. The van der Waals surface area contributed by atoms with Gasteiger partial charge in [-0.25, -0.2) is 0 Å². The Morgan fingerprint density at radius 1 is 1.22 bits per heavy atom. The maximum absolute atomic E-state index is 12.4. The van der Waals surface area contributed by atoms with Crippen LogP contribution in [0.5, 0.6) is 0 Å². The second kappa shape index (κ2) is 6.89. The fourth-order valence-electron chi connectivity index (χ4n) is 3.36. The van der Waals surface area contributed by atoms with Crippen molar-refractivity contribution < 1.29 is 9.59 Å². The van der Waals surface area contributed by atoms with Crippen LogP contribution in [0, 0.1) is 0 Å². The Morgan fingerprint density at radius 2 is 1.96 bits per heavy atom. The highest BCUT2D eigenvalue weighted by Gasteiger charge is 2.35. The summed E-state index contributed by atoms with van der Waals surface area (Å²) >= 11 is 5.96. The van der Waals surface area contributed by atoms with Crippen LogP contribution in [-0.4, -0.2) is 72.3 Å². The highest BCUT2D eigenvalue weighted by Crippen LogP contribution is 2.18. The maximum Gasteiger partial charge on any atom is 0.239 e. The summed E-state index contributed by atoms with van der Waals surface area (Å²) in [5, 5.41) is 0.656. The number of carbonyl (C=O) groups excluding carboxylic acids is 2. The van der Waals surface area contributed by atoms with Gasteiger partial charge < -0.3 is 9.80 Å². The van der Waals surface area contributed by atoms with Gasteiger partial charge in [-0.1, -0.05) is 23.7 Å². The first-order chi connectivity index (χ1) is 11.0. The molecule has 0 bridgehead atoms. The molecule has 23 heavy (non-hydrogen) atoms. The lowest BCUT2D eigenvalue weighted by atomic mass is 10.1. The SMILES string of the molecule is CN1CCC(N2CCN(C(=O)Cc3cccc(Cl)c3)CC2)C1=O. The first kappa shape index (κ1) is 16.3. The zero-order chi connectivity index (χ0) is 16.4. The van der Waals surface area contributed by atoms with Gasteiger partial charge in [-0.15, -0.1) is 0 Å². The van der Waals surface area contributed by atoms with Gasteiger partial charge in [-0.05, 0) is 24.1 Å². The Hall–Kier alpha value is -1.59. The molecule has 124 valence electrons. The predicted molar refractivity (Wildman–Crippen MR) is 89.4 cm³/mol. The van der Waals surface area contributed by atoms with Crippen LogP contribution in [0.4, 0.5) is 0 Å². The number of benzene rings is 1. The molecule has 0 radical (unpaired) electrons. The molecule has 0 aliphatic carbocycles. The number of hydrogen-bond donors (Lipinski definition) is 0. The van der Waals surface area contributed by atoms with E-state index in [4.69, 9.17) is 11.6 Å². The van der Waals surface area contributed by atoms with Crippen molar-refractivity contribution in [1.82, 2.24) is 14.7 Å². The summed E-state index contributed by atoms with van der Waals surface area (Å²) in [6, 6.07) is 7.44. The number of likely N-dealkylation sites (N-methyl/N-ethyl adjacent to an activating group) is 1. The van der Waals surface area contributed by atoms with E-state index in [9.17, 15) is 9.59 Å². The summed E-state index contributed by atoms with van der Waals surface area (Å²) in [7, 11) is 1.85. The van der Waals surface area contributed by atoms with Gasteiger partial charge in [0.05, 0.1) is 12.5 Å². The van der Waals surface area contributed by atoms with Gasteiger partial charge >= 0.3 is 0 Å². The number of hydrogen-bond acceptors (Lipinski definition) is 3. The Bertz CT molecular complexity index is 599. The van der Waals surface area contributed by atoms with E-state index in [-0.39, 0.29) is 17.9 Å². The third kappa shape index (κ3) is 3.67. The van der Waals surface area contributed by atoms with Crippen LogP contribution in [-0.2, 0) is 16.0 Å². The van der Waals surface area contributed by atoms with Crippen molar-refractivity contribution in [2.24, 2.45) is 0 Å². The molecular formula is C17H22ClN3O2. The van der Waals surface area contributed by atoms with Crippen LogP contribution < -0.4 is 0 Å². The normalized spacial score (nSPS) is 22.7. The Kier molecular flexibility index (Phi) is 4.87. The average Bonchev–Trinajstić information content (AvgIpc) is 2.87. The summed E-state index contributed by atoms with van der Waals surface area (Å²) in [6.07, 6.45) is 1.28. The number of halogens is 1. The Balaban J connectivity index is 1.52. The molecule has 0 aromatic heterocycles. The second-order valence-electron chi connectivity index (χ2n) is 6.29. The number of carbonyl (C=O) groups is 2. The smallest absolute Gasteiger partial charge is 0.239 e. The van der Waals surface area contributed by atoms with Crippen molar-refractivity contribution in [3.05, 3.63) is 34.9 Å². The van der Waals surface area contributed by atoms with E-state index in [2.05, 4.69) is 4.90 Å². The minimum Gasteiger partial charge on any atom is -0.344 e. The van der Waals surface area contributed by atoms with Crippen LogP contribution in [0.1, 0.15) is 12.0 Å². The molecule has 1 aromatic rings. The zero-order valence-electron chi connectivity index (χ0n) is 13.4. The van der Waals surface area contributed by atoms with E-state index in [0.29, 0.717) is 24.5 Å². The van der Waals surface area contributed by atoms with Crippen LogP contribution in [0.25, 0.3) is 0 Å². The Labute approximate surface area is 141 Å². The largest absolute Gasteiger partial charge is 0.344 e. The van der Waals surface area contributed by atoms with E-state index in [1.165, 1.54) is 0 Å². The summed E-state index contributed by atoms with van der Waals surface area (Å²) < 4.78 is 0. The molecule has 0 N–H and O–H groups in total. The van der Waals surface area contributed by atoms with Gasteiger partial charge in [-0.2, -0.15) is 0 Å². The minimum atomic E-state index is 0.00480. The number of likely N-dealkylation sites (tertiary alicyclic amines) is 1. The van der Waals surface area contributed by atoms with Crippen molar-refractivity contribution >= 4 is 23.4 Å². The van der Waals surface area contributed by atoms with Crippen molar-refractivity contribution in [3.8, 4) is 0 Å². The van der Waals surface area contributed by atoms with Crippen molar-refractivity contribution in [2.75, 3.05) is 39.8 Å². The number of rotatable bonds is 3. The van der Waals surface area contributed by atoms with Crippen LogP contribution in [0.3, 0.4) is 0 Å². The number of piperazine rings is 1. The van der Waals surface area contributed by atoms with E-state index in [1.807, 2.05) is 36.2 Å². The predicted octanol–water partition coefficient (Wildman–Crippen LogP) is 1.26. The fourth-order valence-corrected chi connectivity index (χ4v) is 3.57. The Morgan fingerprint density at radius 3 is 2.57 bits per heavy atom. The highest BCUT2D eigenvalue weighted by atomic mass is 35.5. The van der Waals surface area contributed by atoms with Crippen LogP contribution in [0.15, 0.2) is 24.3 Å². The zero-order valence-corrected chi connectivity index (χ0v) is 14.1. The van der Waals surface area contributed by atoms with Gasteiger partial charge in [0.15, 0.2) is 0 Å². The number of nitrogens with zero attached hydrogens (tertiary/aromatic N) is 3. The number of amides is 2. The molecule has 6 heteroatoms. The molecule has 1 unspecified atom stereocenters. The molecule has 1 aromatic carbocycles. The first-order valence-electron chi connectivity index (χ1n) is 8.06. The van der Waals surface area contributed by atoms with E-state index >= 15 is 0 Å². The van der Waals surface area contributed by atoms with Crippen LogP contribution in [0.2, 0.25) is 5.02 Å². The second-order valence-corrected chi connectivity index (χ2v) is 6.72. The molecular weight excluding hydrogens is 314 g/mol. The molecule has 2 amide bonds. The van der Waals surface area contributed by atoms with Gasteiger partial charge in [0.2, 0.25) is 11.8 Å². The van der Waals surface area contributed by atoms with Gasteiger partial charge in [0.25, 0.3) is 0 Å². The quantitative estimate of drug-likeness (QED) is 0.835. The molecule has 2 fully saturated rings. The summed E-state index contributed by atoms with van der Waals surface area (Å²) in [5.74, 6) is 0.338. The average molecular weight is 336 g/mol. The summed E-state index contributed by atoms with van der Waals surface area (Å²) in [5.41, 5.74) is 0.942. The van der Waals surface area contributed by atoms with Crippen LogP contribution >= 0.6 is 11.6 Å². The summed E-state index contributed by atoms with van der Waals surface area (Å²) in [4.78, 5) is 30.4. The van der Waals surface area contributed by atoms with Crippen molar-refractivity contribution in [2.45, 2.75) is 18.9 Å². The van der Waals surface area contributed by atoms with E-state index in [0.717, 1.165) is 31.6 Å². The van der Waals surface area contributed by atoms with E-state index < -0.39 is 0 Å². The van der Waals surface area contributed by atoms with E-state index in [1.54, 1.807) is 4.90 Å².